The lowest BCUT2D eigenvalue weighted by Gasteiger charge is -2.02. The van der Waals surface area contributed by atoms with Crippen LogP contribution in [-0.2, 0) is 7.05 Å². The summed E-state index contributed by atoms with van der Waals surface area (Å²) in [6.07, 6.45) is 4.26. The number of rotatable bonds is 3. The molecule has 1 amide bonds. The van der Waals surface area contributed by atoms with Gasteiger partial charge in [0.05, 0.1) is 11.9 Å². The molecule has 7 heteroatoms. The van der Waals surface area contributed by atoms with E-state index in [2.05, 4.69) is 15.3 Å². The number of anilines is 1. The molecule has 0 aliphatic rings. The number of carboxylic acids is 1. The van der Waals surface area contributed by atoms with Crippen molar-refractivity contribution in [2.45, 2.75) is 0 Å². The van der Waals surface area contributed by atoms with Gasteiger partial charge < -0.3 is 15.0 Å². The summed E-state index contributed by atoms with van der Waals surface area (Å²) in [6, 6.07) is 2.79. The van der Waals surface area contributed by atoms with Gasteiger partial charge in [0.1, 0.15) is 11.5 Å². The lowest BCUT2D eigenvalue weighted by molar-refractivity contribution is 0.0696. The molecule has 2 rings (SSSR count). The number of imidazole rings is 1. The van der Waals surface area contributed by atoms with E-state index < -0.39 is 11.9 Å². The second kappa shape index (κ2) is 4.66. The first-order valence-electron chi connectivity index (χ1n) is 5.05. The summed E-state index contributed by atoms with van der Waals surface area (Å²) in [6.45, 7) is 0. The van der Waals surface area contributed by atoms with E-state index in [0.717, 1.165) is 0 Å². The van der Waals surface area contributed by atoms with Crippen LogP contribution in [0.5, 0.6) is 0 Å². The smallest absolute Gasteiger partial charge is 0.337 e. The predicted molar refractivity (Wildman–Crippen MR) is 62.4 cm³/mol. The van der Waals surface area contributed by atoms with Crippen LogP contribution in [-0.4, -0.2) is 31.5 Å². The van der Waals surface area contributed by atoms with Crippen LogP contribution >= 0.6 is 0 Å². The number of carbonyl (C=O) groups excluding carboxylic acids is 1. The zero-order valence-corrected chi connectivity index (χ0v) is 9.49. The molecule has 0 saturated heterocycles. The van der Waals surface area contributed by atoms with E-state index in [0.29, 0.717) is 0 Å². The molecule has 18 heavy (non-hydrogen) atoms. The van der Waals surface area contributed by atoms with Crippen molar-refractivity contribution in [2.75, 3.05) is 5.32 Å². The quantitative estimate of drug-likeness (QED) is 0.833. The van der Waals surface area contributed by atoms with Crippen LogP contribution in [0, 0.1) is 0 Å². The first kappa shape index (κ1) is 11.8. The van der Waals surface area contributed by atoms with E-state index in [1.807, 2.05) is 0 Å². The minimum atomic E-state index is -1.06. The Bertz CT molecular complexity index is 589. The molecule has 2 N–H and O–H groups in total. The van der Waals surface area contributed by atoms with E-state index >= 15 is 0 Å². The summed E-state index contributed by atoms with van der Waals surface area (Å²) in [7, 11) is 1.75. The summed E-state index contributed by atoms with van der Waals surface area (Å²) in [4.78, 5) is 30.0. The maximum Gasteiger partial charge on any atom is 0.337 e. The Morgan fingerprint density at radius 2 is 2.11 bits per heavy atom. The Morgan fingerprint density at radius 1 is 1.33 bits per heavy atom. The standard InChI is InChI=1S/C11H10N4O3/c1-15-5-8(13-6-15)10(16)14-9-3-2-7(4-12-9)11(17)18/h2-6H,1H3,(H,17,18)(H,12,14,16). The number of hydrogen-bond acceptors (Lipinski definition) is 4. The highest BCUT2D eigenvalue weighted by Gasteiger charge is 2.10. The fourth-order valence-electron chi connectivity index (χ4n) is 1.30. The van der Waals surface area contributed by atoms with E-state index in [1.165, 1.54) is 24.7 Å². The van der Waals surface area contributed by atoms with Gasteiger partial charge in [-0.1, -0.05) is 0 Å². The number of carbonyl (C=O) groups is 2. The monoisotopic (exact) mass is 246 g/mol. The predicted octanol–water partition coefficient (Wildman–Crippen LogP) is 0.766. The van der Waals surface area contributed by atoms with Crippen molar-refractivity contribution >= 4 is 17.7 Å². The fourth-order valence-corrected chi connectivity index (χ4v) is 1.30. The van der Waals surface area contributed by atoms with Gasteiger partial charge in [0.25, 0.3) is 5.91 Å². The molecule has 92 valence electrons. The molecule has 0 atom stereocenters. The van der Waals surface area contributed by atoms with Crippen molar-refractivity contribution in [1.82, 2.24) is 14.5 Å². The Labute approximate surface area is 102 Å². The number of aromatic carboxylic acids is 1. The van der Waals surface area contributed by atoms with Crippen molar-refractivity contribution in [3.63, 3.8) is 0 Å². The molecule has 0 fully saturated rings. The molecule has 2 heterocycles. The summed E-state index contributed by atoms with van der Waals surface area (Å²) in [5.41, 5.74) is 0.326. The highest BCUT2D eigenvalue weighted by Crippen LogP contribution is 2.06. The van der Waals surface area contributed by atoms with Crippen LogP contribution < -0.4 is 5.32 Å². The number of nitrogens with zero attached hydrogens (tertiary/aromatic N) is 3. The van der Waals surface area contributed by atoms with Gasteiger partial charge in [-0.2, -0.15) is 0 Å². The Morgan fingerprint density at radius 3 is 2.61 bits per heavy atom. The van der Waals surface area contributed by atoms with Crippen molar-refractivity contribution in [3.05, 3.63) is 42.1 Å². The second-order valence-electron chi connectivity index (χ2n) is 3.62. The number of pyridine rings is 1. The topological polar surface area (TPSA) is 97.1 Å². The molecule has 0 aliphatic carbocycles. The minimum Gasteiger partial charge on any atom is -0.478 e. The third-order valence-corrected chi connectivity index (χ3v) is 2.19. The first-order valence-corrected chi connectivity index (χ1v) is 5.05. The summed E-state index contributed by atoms with van der Waals surface area (Å²) >= 11 is 0. The van der Waals surface area contributed by atoms with E-state index in [9.17, 15) is 9.59 Å². The summed E-state index contributed by atoms with van der Waals surface area (Å²) in [5.74, 6) is -1.19. The molecule has 0 bridgehead atoms. The zero-order chi connectivity index (χ0) is 13.1. The average Bonchev–Trinajstić information content (AvgIpc) is 2.76. The number of nitrogens with one attached hydrogen (secondary N) is 1. The van der Waals surface area contributed by atoms with Crippen LogP contribution in [0.15, 0.2) is 30.9 Å². The Hall–Kier alpha value is -2.70. The van der Waals surface area contributed by atoms with E-state index in [-0.39, 0.29) is 17.1 Å². The van der Waals surface area contributed by atoms with Gasteiger partial charge in [-0.05, 0) is 12.1 Å². The minimum absolute atomic E-state index is 0.0610. The molecule has 2 aromatic heterocycles. The van der Waals surface area contributed by atoms with Crippen LogP contribution in [0.3, 0.4) is 0 Å². The molecule has 7 nitrogen and oxygen atoms in total. The number of carboxylic acid groups (broad SMARTS) is 1. The molecule has 0 aliphatic heterocycles. The van der Waals surface area contributed by atoms with Crippen molar-refractivity contribution in [1.29, 1.82) is 0 Å². The average molecular weight is 246 g/mol. The van der Waals surface area contributed by atoms with Gasteiger partial charge in [-0.3, -0.25) is 4.79 Å². The normalized spacial score (nSPS) is 10.1. The molecule has 0 aromatic carbocycles. The van der Waals surface area contributed by atoms with Gasteiger partial charge in [0, 0.05) is 19.4 Å². The number of hydrogen-bond donors (Lipinski definition) is 2. The van der Waals surface area contributed by atoms with Crippen LogP contribution in [0.2, 0.25) is 0 Å². The summed E-state index contributed by atoms with van der Waals surface area (Å²) < 4.78 is 1.65. The van der Waals surface area contributed by atoms with Crippen molar-refractivity contribution in [3.8, 4) is 0 Å². The second-order valence-corrected chi connectivity index (χ2v) is 3.62. The van der Waals surface area contributed by atoms with Gasteiger partial charge in [-0.15, -0.1) is 0 Å². The molecule has 2 aromatic rings. The van der Waals surface area contributed by atoms with Crippen LogP contribution in [0.4, 0.5) is 5.82 Å². The lowest BCUT2D eigenvalue weighted by Crippen LogP contribution is -2.13. The summed E-state index contributed by atoms with van der Waals surface area (Å²) in [5, 5.41) is 11.2. The van der Waals surface area contributed by atoms with Crippen molar-refractivity contribution in [2.24, 2.45) is 7.05 Å². The highest BCUT2D eigenvalue weighted by atomic mass is 16.4. The van der Waals surface area contributed by atoms with Gasteiger partial charge in [0.15, 0.2) is 0 Å². The maximum absolute atomic E-state index is 11.7. The van der Waals surface area contributed by atoms with Gasteiger partial charge in [-0.25, -0.2) is 14.8 Å². The van der Waals surface area contributed by atoms with Crippen molar-refractivity contribution < 1.29 is 14.7 Å². The molecular formula is C11H10N4O3. The Kier molecular flexibility index (Phi) is 3.05. The van der Waals surface area contributed by atoms with Crippen LogP contribution in [0.1, 0.15) is 20.8 Å². The highest BCUT2D eigenvalue weighted by molar-refractivity contribution is 6.02. The number of aryl methyl sites for hydroxylation is 1. The van der Waals surface area contributed by atoms with Gasteiger partial charge in [0.2, 0.25) is 0 Å². The SMILES string of the molecule is Cn1cnc(C(=O)Nc2ccc(C(=O)O)cn2)c1. The van der Waals surface area contributed by atoms with Gasteiger partial charge >= 0.3 is 5.97 Å². The lowest BCUT2D eigenvalue weighted by atomic mass is 10.3. The molecule has 0 spiro atoms. The third kappa shape index (κ3) is 2.51. The number of amides is 1. The van der Waals surface area contributed by atoms with E-state index in [4.69, 9.17) is 5.11 Å². The molecule has 0 radical (unpaired) electrons. The molecule has 0 saturated carbocycles. The largest absolute Gasteiger partial charge is 0.478 e. The first-order chi connectivity index (χ1) is 8.56. The zero-order valence-electron chi connectivity index (χ0n) is 9.49. The molecular weight excluding hydrogens is 236 g/mol. The van der Waals surface area contributed by atoms with E-state index in [1.54, 1.807) is 17.8 Å². The third-order valence-electron chi connectivity index (χ3n) is 2.19. The molecule has 0 unspecified atom stereocenters. The number of aromatic nitrogens is 3. The van der Waals surface area contributed by atoms with Crippen LogP contribution in [0.25, 0.3) is 0 Å². The Balaban J connectivity index is 2.10. The fraction of sp³-hybridized carbons (Fsp3) is 0.0909. The maximum atomic E-state index is 11.7.